The second-order valence-corrected chi connectivity index (χ2v) is 5.66. The molecule has 1 aliphatic rings. The summed E-state index contributed by atoms with van der Waals surface area (Å²) >= 11 is 0. The van der Waals surface area contributed by atoms with Crippen molar-refractivity contribution in [2.24, 2.45) is 5.92 Å². The molecule has 2 atom stereocenters. The maximum absolute atomic E-state index is 12.7. The number of benzene rings is 1. The van der Waals surface area contributed by atoms with E-state index in [1.54, 1.807) is 6.07 Å². The maximum atomic E-state index is 12.7. The molecule has 6 heteroatoms. The van der Waals surface area contributed by atoms with Crippen molar-refractivity contribution in [1.29, 1.82) is 0 Å². The van der Waals surface area contributed by atoms with E-state index in [4.69, 9.17) is 4.74 Å². The molecular weight excluding hydrogens is 295 g/mol. The minimum absolute atomic E-state index is 0.0336. The molecule has 2 unspecified atom stereocenters. The van der Waals surface area contributed by atoms with Gasteiger partial charge in [-0.2, -0.15) is 13.2 Å². The zero-order valence-electron chi connectivity index (χ0n) is 12.5. The topological polar surface area (TPSA) is 38.3 Å². The highest BCUT2D eigenvalue weighted by Crippen LogP contribution is 2.31. The standard InChI is InChI=1S/C16H20F3NO2/c1-11(5-7-20-15(21)13-6-8-22-10-13)12-3-2-4-14(9-12)16(17,18)19/h2-4,9,11,13H,5-8,10H2,1H3,(H,20,21). The Kier molecular flexibility index (Phi) is 5.45. The Hall–Kier alpha value is -1.56. The number of alkyl halides is 3. The predicted molar refractivity (Wildman–Crippen MR) is 76.4 cm³/mol. The van der Waals surface area contributed by atoms with E-state index in [0.29, 0.717) is 31.7 Å². The number of hydrogen-bond acceptors (Lipinski definition) is 2. The second kappa shape index (κ2) is 7.13. The molecule has 1 N–H and O–H groups in total. The van der Waals surface area contributed by atoms with Gasteiger partial charge in [-0.15, -0.1) is 0 Å². The highest BCUT2D eigenvalue weighted by atomic mass is 19.4. The molecule has 0 bridgehead atoms. The number of halogens is 3. The molecule has 1 aliphatic heterocycles. The Balaban J connectivity index is 1.84. The first kappa shape index (κ1) is 16.8. The molecule has 1 saturated heterocycles. The zero-order chi connectivity index (χ0) is 16.2. The highest BCUT2D eigenvalue weighted by Gasteiger charge is 2.30. The minimum Gasteiger partial charge on any atom is -0.381 e. The summed E-state index contributed by atoms with van der Waals surface area (Å²) in [6.07, 6.45) is -3.00. The van der Waals surface area contributed by atoms with Crippen molar-refractivity contribution in [3.63, 3.8) is 0 Å². The molecule has 0 radical (unpaired) electrons. The fourth-order valence-electron chi connectivity index (χ4n) is 2.49. The van der Waals surface area contributed by atoms with Crippen molar-refractivity contribution in [2.75, 3.05) is 19.8 Å². The number of ether oxygens (including phenoxy) is 1. The molecule has 1 heterocycles. The molecule has 3 nitrogen and oxygen atoms in total. The van der Waals surface area contributed by atoms with Crippen LogP contribution in [0, 0.1) is 5.92 Å². The third kappa shape index (κ3) is 4.47. The van der Waals surface area contributed by atoms with Gasteiger partial charge in [-0.3, -0.25) is 4.79 Å². The fourth-order valence-corrected chi connectivity index (χ4v) is 2.49. The minimum atomic E-state index is -4.33. The fraction of sp³-hybridized carbons (Fsp3) is 0.562. The summed E-state index contributed by atoms with van der Waals surface area (Å²) in [4.78, 5) is 11.8. The summed E-state index contributed by atoms with van der Waals surface area (Å²) in [5.74, 6) is -0.181. The van der Waals surface area contributed by atoms with E-state index in [-0.39, 0.29) is 17.7 Å². The third-order valence-electron chi connectivity index (χ3n) is 3.96. The second-order valence-electron chi connectivity index (χ2n) is 5.66. The lowest BCUT2D eigenvalue weighted by Crippen LogP contribution is -2.32. The van der Waals surface area contributed by atoms with Crippen LogP contribution >= 0.6 is 0 Å². The number of hydrogen-bond donors (Lipinski definition) is 1. The van der Waals surface area contributed by atoms with Gasteiger partial charge >= 0.3 is 6.18 Å². The highest BCUT2D eigenvalue weighted by molar-refractivity contribution is 5.78. The average Bonchev–Trinajstić information content (AvgIpc) is 3.00. The number of rotatable bonds is 5. The van der Waals surface area contributed by atoms with Crippen LogP contribution in [0.5, 0.6) is 0 Å². The molecule has 0 saturated carbocycles. The lowest BCUT2D eigenvalue weighted by molar-refractivity contribution is -0.137. The van der Waals surface area contributed by atoms with Gasteiger partial charge in [-0.1, -0.05) is 25.1 Å². The molecule has 1 amide bonds. The van der Waals surface area contributed by atoms with Crippen molar-refractivity contribution < 1.29 is 22.7 Å². The zero-order valence-corrected chi connectivity index (χ0v) is 12.5. The van der Waals surface area contributed by atoms with E-state index < -0.39 is 11.7 Å². The predicted octanol–water partition coefficient (Wildman–Crippen LogP) is 3.35. The normalized spacial score (nSPS) is 19.9. The van der Waals surface area contributed by atoms with Crippen LogP contribution in [0.15, 0.2) is 24.3 Å². The third-order valence-corrected chi connectivity index (χ3v) is 3.96. The van der Waals surface area contributed by atoms with Crippen molar-refractivity contribution in [2.45, 2.75) is 31.9 Å². The van der Waals surface area contributed by atoms with Crippen LogP contribution in [-0.4, -0.2) is 25.7 Å². The van der Waals surface area contributed by atoms with Crippen LogP contribution in [0.3, 0.4) is 0 Å². The first-order valence-electron chi connectivity index (χ1n) is 7.40. The number of amides is 1. The molecule has 0 spiro atoms. The summed E-state index contributed by atoms with van der Waals surface area (Å²) in [5, 5.41) is 2.83. The van der Waals surface area contributed by atoms with E-state index in [0.717, 1.165) is 12.5 Å². The van der Waals surface area contributed by atoms with E-state index in [1.807, 2.05) is 6.92 Å². The van der Waals surface area contributed by atoms with Gasteiger partial charge in [-0.05, 0) is 30.4 Å². The Bertz CT molecular complexity index is 510. The summed E-state index contributed by atoms with van der Waals surface area (Å²) in [6.45, 7) is 3.38. The van der Waals surface area contributed by atoms with E-state index in [9.17, 15) is 18.0 Å². The van der Waals surface area contributed by atoms with Crippen molar-refractivity contribution >= 4 is 5.91 Å². The summed E-state index contributed by atoms with van der Waals surface area (Å²) in [7, 11) is 0. The monoisotopic (exact) mass is 315 g/mol. The first-order valence-corrected chi connectivity index (χ1v) is 7.40. The summed E-state index contributed by atoms with van der Waals surface area (Å²) in [6, 6.07) is 5.35. The van der Waals surface area contributed by atoms with Gasteiger partial charge in [0.25, 0.3) is 0 Å². The van der Waals surface area contributed by atoms with Crippen LogP contribution in [0.2, 0.25) is 0 Å². The van der Waals surface area contributed by atoms with Gasteiger partial charge < -0.3 is 10.1 Å². The van der Waals surface area contributed by atoms with Gasteiger partial charge in [-0.25, -0.2) is 0 Å². The van der Waals surface area contributed by atoms with Crippen LogP contribution in [-0.2, 0) is 15.7 Å². The SMILES string of the molecule is CC(CCNC(=O)C1CCOC1)c1cccc(C(F)(F)F)c1. The van der Waals surface area contributed by atoms with Crippen LogP contribution in [0.25, 0.3) is 0 Å². The Morgan fingerprint density at radius 3 is 2.86 bits per heavy atom. The molecule has 2 rings (SSSR count). The van der Waals surface area contributed by atoms with Crippen LogP contribution in [0.1, 0.15) is 36.8 Å². The molecule has 1 aromatic rings. The first-order chi connectivity index (χ1) is 10.4. The molecule has 22 heavy (non-hydrogen) atoms. The number of carbonyl (C=O) groups excluding carboxylic acids is 1. The van der Waals surface area contributed by atoms with Gasteiger partial charge in [0.15, 0.2) is 0 Å². The Morgan fingerprint density at radius 1 is 1.45 bits per heavy atom. The van der Waals surface area contributed by atoms with E-state index in [1.165, 1.54) is 12.1 Å². The van der Waals surface area contributed by atoms with Crippen molar-refractivity contribution in [1.82, 2.24) is 5.32 Å². The van der Waals surface area contributed by atoms with Crippen LogP contribution in [0.4, 0.5) is 13.2 Å². The van der Waals surface area contributed by atoms with Crippen molar-refractivity contribution in [3.8, 4) is 0 Å². The maximum Gasteiger partial charge on any atom is 0.416 e. The molecule has 1 fully saturated rings. The molecule has 0 aliphatic carbocycles. The summed E-state index contributed by atoms with van der Waals surface area (Å²) in [5.41, 5.74) is -0.00253. The molecule has 122 valence electrons. The van der Waals surface area contributed by atoms with E-state index >= 15 is 0 Å². The molecule has 1 aromatic carbocycles. The Labute approximate surface area is 127 Å². The van der Waals surface area contributed by atoms with Gasteiger partial charge in [0, 0.05) is 13.2 Å². The number of carbonyl (C=O) groups is 1. The van der Waals surface area contributed by atoms with Crippen molar-refractivity contribution in [3.05, 3.63) is 35.4 Å². The quantitative estimate of drug-likeness (QED) is 0.905. The van der Waals surface area contributed by atoms with E-state index in [2.05, 4.69) is 5.32 Å². The lowest BCUT2D eigenvalue weighted by atomic mass is 9.96. The average molecular weight is 315 g/mol. The number of nitrogens with one attached hydrogen (secondary N) is 1. The Morgan fingerprint density at radius 2 is 2.23 bits per heavy atom. The summed E-state index contributed by atoms with van der Waals surface area (Å²) < 4.78 is 43.2. The largest absolute Gasteiger partial charge is 0.416 e. The van der Waals surface area contributed by atoms with Gasteiger partial charge in [0.05, 0.1) is 18.1 Å². The smallest absolute Gasteiger partial charge is 0.381 e. The molecule has 0 aromatic heterocycles. The van der Waals surface area contributed by atoms with Crippen LogP contribution < -0.4 is 5.32 Å². The van der Waals surface area contributed by atoms with Gasteiger partial charge in [0.2, 0.25) is 5.91 Å². The lowest BCUT2D eigenvalue weighted by Gasteiger charge is -2.15. The van der Waals surface area contributed by atoms with Gasteiger partial charge in [0.1, 0.15) is 0 Å². The molecular formula is C16H20F3NO2.